The second-order valence-corrected chi connectivity index (χ2v) is 3.48. The van der Waals surface area contributed by atoms with Gasteiger partial charge in [-0.05, 0) is 12.1 Å². The van der Waals surface area contributed by atoms with Crippen molar-refractivity contribution in [3.63, 3.8) is 0 Å². The molecule has 1 N–H and O–H groups in total. The summed E-state index contributed by atoms with van der Waals surface area (Å²) in [6.07, 6.45) is 4.58. The standard InChI is InChI=1S/C11H7N5O3/c17-9(8-3-5-13-19-8)14-11-16-15-10(18-11)7-2-1-4-12-6-7/h1-6H,(H,14,16,17). The summed E-state index contributed by atoms with van der Waals surface area (Å²) in [7, 11) is 0. The van der Waals surface area contributed by atoms with Crippen LogP contribution in [0.1, 0.15) is 10.6 Å². The van der Waals surface area contributed by atoms with Gasteiger partial charge in [-0.15, -0.1) is 5.10 Å². The molecule has 3 aromatic rings. The van der Waals surface area contributed by atoms with Crippen LogP contribution in [0.5, 0.6) is 0 Å². The number of aromatic nitrogens is 4. The van der Waals surface area contributed by atoms with Crippen molar-refractivity contribution >= 4 is 11.9 Å². The van der Waals surface area contributed by atoms with E-state index in [2.05, 4.69) is 25.7 Å². The highest BCUT2D eigenvalue weighted by atomic mass is 16.5. The molecular weight excluding hydrogens is 250 g/mol. The van der Waals surface area contributed by atoms with E-state index in [9.17, 15) is 4.79 Å². The van der Waals surface area contributed by atoms with E-state index in [1.165, 1.54) is 12.3 Å². The van der Waals surface area contributed by atoms with Crippen LogP contribution in [0.15, 0.2) is 45.7 Å². The average Bonchev–Trinajstić information content (AvgIpc) is 3.11. The van der Waals surface area contributed by atoms with Crippen molar-refractivity contribution in [3.8, 4) is 11.5 Å². The van der Waals surface area contributed by atoms with Gasteiger partial charge in [0.1, 0.15) is 0 Å². The molecule has 0 aliphatic carbocycles. The van der Waals surface area contributed by atoms with Crippen LogP contribution < -0.4 is 5.32 Å². The highest BCUT2D eigenvalue weighted by Crippen LogP contribution is 2.18. The maximum atomic E-state index is 11.6. The Morgan fingerprint density at radius 3 is 2.89 bits per heavy atom. The molecule has 94 valence electrons. The van der Waals surface area contributed by atoms with Crippen LogP contribution >= 0.6 is 0 Å². The summed E-state index contributed by atoms with van der Waals surface area (Å²) in [4.78, 5) is 15.6. The first-order valence-electron chi connectivity index (χ1n) is 5.29. The summed E-state index contributed by atoms with van der Waals surface area (Å²) in [5.74, 6) is -0.194. The minimum atomic E-state index is -0.515. The molecule has 0 radical (unpaired) electrons. The van der Waals surface area contributed by atoms with Crippen LogP contribution in [0.2, 0.25) is 0 Å². The zero-order valence-corrected chi connectivity index (χ0v) is 9.48. The predicted molar refractivity (Wildman–Crippen MR) is 62.0 cm³/mol. The second-order valence-electron chi connectivity index (χ2n) is 3.48. The van der Waals surface area contributed by atoms with E-state index in [1.807, 2.05) is 0 Å². The van der Waals surface area contributed by atoms with Crippen LogP contribution in [0.25, 0.3) is 11.5 Å². The number of rotatable bonds is 3. The third kappa shape index (κ3) is 2.32. The number of hydrogen-bond acceptors (Lipinski definition) is 7. The summed E-state index contributed by atoms with van der Waals surface area (Å²) in [6, 6.07) is 4.91. The SMILES string of the molecule is O=C(Nc1nnc(-c2cccnc2)o1)c1ccno1. The number of amides is 1. The minimum absolute atomic E-state index is 0.0275. The molecule has 0 bridgehead atoms. The zero-order valence-electron chi connectivity index (χ0n) is 9.48. The fourth-order valence-electron chi connectivity index (χ4n) is 1.37. The van der Waals surface area contributed by atoms with Crippen molar-refractivity contribution in [2.75, 3.05) is 5.32 Å². The maximum Gasteiger partial charge on any atom is 0.322 e. The van der Waals surface area contributed by atoms with Gasteiger partial charge in [-0.2, -0.15) is 0 Å². The van der Waals surface area contributed by atoms with Gasteiger partial charge < -0.3 is 8.94 Å². The normalized spacial score (nSPS) is 10.3. The average molecular weight is 257 g/mol. The molecule has 8 nitrogen and oxygen atoms in total. The Labute approximate surface area is 106 Å². The van der Waals surface area contributed by atoms with Gasteiger partial charge in [0.2, 0.25) is 5.76 Å². The van der Waals surface area contributed by atoms with Gasteiger partial charge in [-0.1, -0.05) is 10.3 Å². The van der Waals surface area contributed by atoms with Gasteiger partial charge >= 0.3 is 6.01 Å². The molecule has 19 heavy (non-hydrogen) atoms. The maximum absolute atomic E-state index is 11.6. The molecule has 0 aliphatic rings. The molecule has 3 aromatic heterocycles. The Hall–Kier alpha value is -3.03. The van der Waals surface area contributed by atoms with E-state index in [-0.39, 0.29) is 17.7 Å². The molecule has 8 heteroatoms. The number of nitrogens with zero attached hydrogens (tertiary/aromatic N) is 4. The third-order valence-corrected chi connectivity index (χ3v) is 2.22. The number of pyridine rings is 1. The number of hydrogen-bond donors (Lipinski definition) is 1. The Balaban J connectivity index is 1.77. The molecule has 0 aliphatic heterocycles. The third-order valence-electron chi connectivity index (χ3n) is 2.22. The summed E-state index contributed by atoms with van der Waals surface area (Å²) in [5.41, 5.74) is 0.662. The first-order valence-corrected chi connectivity index (χ1v) is 5.29. The summed E-state index contributed by atoms with van der Waals surface area (Å²) < 4.78 is 9.98. The highest BCUT2D eigenvalue weighted by molar-refractivity contribution is 6.00. The van der Waals surface area contributed by atoms with Crippen molar-refractivity contribution in [1.82, 2.24) is 20.3 Å². The molecular formula is C11H7N5O3. The van der Waals surface area contributed by atoms with Crippen LogP contribution in [0.3, 0.4) is 0 Å². The van der Waals surface area contributed by atoms with Crippen LogP contribution in [0, 0.1) is 0 Å². The van der Waals surface area contributed by atoms with Crippen LogP contribution in [-0.4, -0.2) is 26.2 Å². The van der Waals surface area contributed by atoms with E-state index >= 15 is 0 Å². The predicted octanol–water partition coefficient (Wildman–Crippen LogP) is 1.37. The molecule has 0 fully saturated rings. The first kappa shape index (κ1) is 11.1. The van der Waals surface area contributed by atoms with E-state index < -0.39 is 5.91 Å². The van der Waals surface area contributed by atoms with Gasteiger partial charge in [-0.25, -0.2) is 0 Å². The lowest BCUT2D eigenvalue weighted by atomic mass is 10.3. The molecule has 0 aromatic carbocycles. The highest BCUT2D eigenvalue weighted by Gasteiger charge is 2.14. The van der Waals surface area contributed by atoms with Crippen LogP contribution in [0.4, 0.5) is 6.01 Å². The second kappa shape index (κ2) is 4.69. The van der Waals surface area contributed by atoms with Gasteiger partial charge in [0.15, 0.2) is 0 Å². The van der Waals surface area contributed by atoms with Crippen molar-refractivity contribution in [3.05, 3.63) is 42.5 Å². The fraction of sp³-hybridized carbons (Fsp3) is 0. The van der Waals surface area contributed by atoms with Crippen molar-refractivity contribution < 1.29 is 13.7 Å². The topological polar surface area (TPSA) is 107 Å². The van der Waals surface area contributed by atoms with Crippen molar-refractivity contribution in [2.24, 2.45) is 0 Å². The molecule has 1 amide bonds. The lowest BCUT2D eigenvalue weighted by Crippen LogP contribution is -2.11. The quantitative estimate of drug-likeness (QED) is 0.754. The van der Waals surface area contributed by atoms with E-state index in [1.54, 1.807) is 24.5 Å². The van der Waals surface area contributed by atoms with E-state index in [4.69, 9.17) is 8.94 Å². The Kier molecular flexibility index (Phi) is 2.73. The molecule has 0 saturated heterocycles. The zero-order chi connectivity index (χ0) is 13.1. The summed E-state index contributed by atoms with van der Waals surface area (Å²) >= 11 is 0. The minimum Gasteiger partial charge on any atom is -0.403 e. The molecule has 0 saturated carbocycles. The van der Waals surface area contributed by atoms with Gasteiger partial charge in [0.05, 0.1) is 11.8 Å². The smallest absolute Gasteiger partial charge is 0.322 e. The van der Waals surface area contributed by atoms with Crippen molar-refractivity contribution in [2.45, 2.75) is 0 Å². The number of carbonyl (C=O) groups excluding carboxylic acids is 1. The van der Waals surface area contributed by atoms with Crippen molar-refractivity contribution in [1.29, 1.82) is 0 Å². The summed E-state index contributed by atoms with van der Waals surface area (Å²) in [6.45, 7) is 0. The van der Waals surface area contributed by atoms with Gasteiger partial charge in [0.25, 0.3) is 11.8 Å². The molecule has 0 spiro atoms. The van der Waals surface area contributed by atoms with Gasteiger partial charge in [0, 0.05) is 18.5 Å². The fourth-order valence-corrected chi connectivity index (χ4v) is 1.37. The Morgan fingerprint density at radius 2 is 2.16 bits per heavy atom. The lowest BCUT2D eigenvalue weighted by Gasteiger charge is -1.95. The largest absolute Gasteiger partial charge is 0.403 e. The summed E-state index contributed by atoms with van der Waals surface area (Å²) in [5, 5.41) is 13.3. The molecule has 3 rings (SSSR count). The van der Waals surface area contributed by atoms with E-state index in [0.29, 0.717) is 5.56 Å². The first-order chi connectivity index (χ1) is 9.33. The number of nitrogens with one attached hydrogen (secondary N) is 1. The van der Waals surface area contributed by atoms with Gasteiger partial charge in [-0.3, -0.25) is 15.1 Å². The van der Waals surface area contributed by atoms with E-state index in [0.717, 1.165) is 0 Å². The molecule has 0 atom stereocenters. The Bertz CT molecular complexity index is 677. The monoisotopic (exact) mass is 257 g/mol. The number of carbonyl (C=O) groups is 1. The number of anilines is 1. The molecule has 0 unspecified atom stereocenters. The van der Waals surface area contributed by atoms with Crippen LogP contribution in [-0.2, 0) is 0 Å². The molecule has 3 heterocycles. The lowest BCUT2D eigenvalue weighted by molar-refractivity contribution is 0.0985. The Morgan fingerprint density at radius 1 is 1.21 bits per heavy atom.